The highest BCUT2D eigenvalue weighted by molar-refractivity contribution is 5.76. The Morgan fingerprint density at radius 3 is 2.81 bits per heavy atom. The summed E-state index contributed by atoms with van der Waals surface area (Å²) in [6.45, 7) is 5.58. The number of amides is 1. The van der Waals surface area contributed by atoms with E-state index in [1.54, 1.807) is 0 Å². The van der Waals surface area contributed by atoms with Crippen molar-refractivity contribution in [2.75, 3.05) is 20.1 Å². The van der Waals surface area contributed by atoms with Crippen LogP contribution >= 0.6 is 0 Å². The molecule has 0 aliphatic heterocycles. The average Bonchev–Trinajstić information content (AvgIpc) is 2.77. The van der Waals surface area contributed by atoms with Crippen molar-refractivity contribution in [1.29, 1.82) is 0 Å². The van der Waals surface area contributed by atoms with Crippen LogP contribution in [0.1, 0.15) is 26.0 Å². The van der Waals surface area contributed by atoms with Crippen LogP contribution in [-0.2, 0) is 10.2 Å². The molecule has 0 radical (unpaired) electrons. The Labute approximate surface area is 96.8 Å². The van der Waals surface area contributed by atoms with Crippen LogP contribution in [-0.4, -0.2) is 31.0 Å². The maximum Gasteiger partial charge on any atom is 0.221 e. The van der Waals surface area contributed by atoms with Gasteiger partial charge in [-0.25, -0.2) is 0 Å². The number of hydrogen-bond acceptors (Lipinski definition) is 2. The number of H-pyrrole nitrogens is 1. The van der Waals surface area contributed by atoms with Crippen LogP contribution in [0.4, 0.5) is 0 Å². The smallest absolute Gasteiger partial charge is 0.221 e. The lowest BCUT2D eigenvalue weighted by Gasteiger charge is -2.23. The van der Waals surface area contributed by atoms with Gasteiger partial charge in [-0.2, -0.15) is 0 Å². The predicted octanol–water partition coefficient (Wildman–Crippen LogP) is 1.02. The van der Waals surface area contributed by atoms with E-state index in [9.17, 15) is 4.79 Å². The second-order valence-corrected chi connectivity index (χ2v) is 4.60. The summed E-state index contributed by atoms with van der Waals surface area (Å²) in [5, 5.41) is 5.90. The first-order valence-corrected chi connectivity index (χ1v) is 5.61. The number of nitrogens with one attached hydrogen (secondary N) is 3. The summed E-state index contributed by atoms with van der Waals surface area (Å²) in [5.41, 5.74) is 1.08. The Balaban J connectivity index is 2.39. The molecule has 90 valence electrons. The molecule has 1 heterocycles. The molecular formula is C12H21N3O. The summed E-state index contributed by atoms with van der Waals surface area (Å²) in [6.07, 6.45) is 2.43. The van der Waals surface area contributed by atoms with E-state index in [2.05, 4.69) is 29.5 Å². The molecule has 4 heteroatoms. The quantitative estimate of drug-likeness (QED) is 0.674. The van der Waals surface area contributed by atoms with Crippen LogP contribution in [0.15, 0.2) is 18.3 Å². The van der Waals surface area contributed by atoms with Gasteiger partial charge >= 0.3 is 0 Å². The van der Waals surface area contributed by atoms with E-state index in [1.807, 2.05) is 25.4 Å². The molecule has 16 heavy (non-hydrogen) atoms. The van der Waals surface area contributed by atoms with Gasteiger partial charge in [0, 0.05) is 36.8 Å². The maximum absolute atomic E-state index is 11.5. The molecule has 0 aromatic carbocycles. The Morgan fingerprint density at radius 2 is 2.25 bits per heavy atom. The SMILES string of the molecule is CNCCC(=O)NCC(C)(C)c1ccc[nH]1. The minimum atomic E-state index is -0.0567. The lowest BCUT2D eigenvalue weighted by atomic mass is 9.89. The molecule has 0 bridgehead atoms. The van der Waals surface area contributed by atoms with Crippen LogP contribution in [0.25, 0.3) is 0 Å². The molecule has 0 fully saturated rings. The van der Waals surface area contributed by atoms with Gasteiger partial charge in [0.25, 0.3) is 0 Å². The Kier molecular flexibility index (Phi) is 4.55. The average molecular weight is 223 g/mol. The largest absolute Gasteiger partial charge is 0.364 e. The van der Waals surface area contributed by atoms with Crippen molar-refractivity contribution >= 4 is 5.91 Å². The summed E-state index contributed by atoms with van der Waals surface area (Å²) in [6, 6.07) is 4.01. The van der Waals surface area contributed by atoms with Gasteiger partial charge in [0.05, 0.1) is 0 Å². The monoisotopic (exact) mass is 223 g/mol. The lowest BCUT2D eigenvalue weighted by Crippen LogP contribution is -2.37. The van der Waals surface area contributed by atoms with E-state index < -0.39 is 0 Å². The van der Waals surface area contributed by atoms with Gasteiger partial charge in [-0.3, -0.25) is 4.79 Å². The summed E-state index contributed by atoms with van der Waals surface area (Å²) in [7, 11) is 1.84. The van der Waals surface area contributed by atoms with E-state index in [0.29, 0.717) is 13.0 Å². The number of rotatable bonds is 6. The highest BCUT2D eigenvalue weighted by Gasteiger charge is 2.21. The van der Waals surface area contributed by atoms with Gasteiger partial charge in [-0.1, -0.05) is 13.8 Å². The maximum atomic E-state index is 11.5. The van der Waals surface area contributed by atoms with Gasteiger partial charge in [0.1, 0.15) is 0 Å². The minimum absolute atomic E-state index is 0.0567. The van der Waals surface area contributed by atoms with Crippen molar-refractivity contribution in [1.82, 2.24) is 15.6 Å². The molecule has 4 nitrogen and oxygen atoms in total. The second-order valence-electron chi connectivity index (χ2n) is 4.60. The highest BCUT2D eigenvalue weighted by Crippen LogP contribution is 2.19. The van der Waals surface area contributed by atoms with Crippen molar-refractivity contribution in [2.45, 2.75) is 25.7 Å². The van der Waals surface area contributed by atoms with Crippen LogP contribution in [0, 0.1) is 0 Å². The van der Waals surface area contributed by atoms with Crippen LogP contribution < -0.4 is 10.6 Å². The molecule has 0 saturated carbocycles. The summed E-state index contributed by atoms with van der Waals surface area (Å²) >= 11 is 0. The van der Waals surface area contributed by atoms with Crippen LogP contribution in [0.3, 0.4) is 0 Å². The Bertz CT molecular complexity index is 317. The molecule has 1 rings (SSSR count). The predicted molar refractivity (Wildman–Crippen MR) is 65.4 cm³/mol. The summed E-state index contributed by atoms with van der Waals surface area (Å²) in [4.78, 5) is 14.6. The zero-order valence-corrected chi connectivity index (χ0v) is 10.3. The van der Waals surface area contributed by atoms with Crippen molar-refractivity contribution in [3.8, 4) is 0 Å². The molecule has 1 aromatic heterocycles. The number of carbonyl (C=O) groups is 1. The van der Waals surface area contributed by atoms with Gasteiger partial charge in [-0.05, 0) is 19.2 Å². The van der Waals surface area contributed by atoms with Gasteiger partial charge < -0.3 is 15.6 Å². The fraction of sp³-hybridized carbons (Fsp3) is 0.583. The van der Waals surface area contributed by atoms with E-state index >= 15 is 0 Å². The fourth-order valence-corrected chi connectivity index (χ4v) is 1.49. The van der Waals surface area contributed by atoms with Crippen LogP contribution in [0.2, 0.25) is 0 Å². The number of hydrogen-bond donors (Lipinski definition) is 3. The fourth-order valence-electron chi connectivity index (χ4n) is 1.49. The zero-order valence-electron chi connectivity index (χ0n) is 10.3. The van der Waals surface area contributed by atoms with Crippen molar-refractivity contribution < 1.29 is 4.79 Å². The Hall–Kier alpha value is -1.29. The number of aromatic amines is 1. The van der Waals surface area contributed by atoms with E-state index in [-0.39, 0.29) is 11.3 Å². The molecule has 0 atom stereocenters. The summed E-state index contributed by atoms with van der Waals surface area (Å²) < 4.78 is 0. The second kappa shape index (κ2) is 5.70. The topological polar surface area (TPSA) is 56.9 Å². The van der Waals surface area contributed by atoms with Crippen molar-refractivity contribution in [2.24, 2.45) is 0 Å². The van der Waals surface area contributed by atoms with Crippen LogP contribution in [0.5, 0.6) is 0 Å². The molecular weight excluding hydrogens is 202 g/mol. The minimum Gasteiger partial charge on any atom is -0.364 e. The summed E-state index contributed by atoms with van der Waals surface area (Å²) in [5.74, 6) is 0.0916. The van der Waals surface area contributed by atoms with E-state index in [1.165, 1.54) is 0 Å². The molecule has 1 aromatic rings. The molecule has 0 saturated heterocycles. The highest BCUT2D eigenvalue weighted by atomic mass is 16.1. The van der Waals surface area contributed by atoms with E-state index in [0.717, 1.165) is 12.2 Å². The third-order valence-corrected chi connectivity index (χ3v) is 2.66. The first-order chi connectivity index (χ1) is 7.56. The number of aromatic nitrogens is 1. The molecule has 0 spiro atoms. The first-order valence-electron chi connectivity index (χ1n) is 5.61. The van der Waals surface area contributed by atoms with E-state index in [4.69, 9.17) is 0 Å². The third-order valence-electron chi connectivity index (χ3n) is 2.66. The lowest BCUT2D eigenvalue weighted by molar-refractivity contribution is -0.121. The molecule has 0 aliphatic rings. The molecule has 0 unspecified atom stereocenters. The molecule has 0 aliphatic carbocycles. The first kappa shape index (κ1) is 12.8. The van der Waals surface area contributed by atoms with Gasteiger partial charge in [0.2, 0.25) is 5.91 Å². The standard InChI is InChI=1S/C12H21N3O/c1-12(2,10-5-4-7-14-10)9-15-11(16)6-8-13-3/h4-5,7,13-14H,6,8-9H2,1-3H3,(H,15,16). The van der Waals surface area contributed by atoms with Crippen molar-refractivity contribution in [3.63, 3.8) is 0 Å². The normalized spacial score (nSPS) is 11.4. The van der Waals surface area contributed by atoms with Gasteiger partial charge in [-0.15, -0.1) is 0 Å². The molecule has 3 N–H and O–H groups in total. The zero-order chi connectivity index (χ0) is 12.0. The van der Waals surface area contributed by atoms with Crippen molar-refractivity contribution in [3.05, 3.63) is 24.0 Å². The van der Waals surface area contributed by atoms with Gasteiger partial charge in [0.15, 0.2) is 0 Å². The molecule has 1 amide bonds. The Morgan fingerprint density at radius 1 is 1.50 bits per heavy atom. The third kappa shape index (κ3) is 3.70. The number of carbonyl (C=O) groups excluding carboxylic acids is 1.